The van der Waals surface area contributed by atoms with Crippen molar-refractivity contribution in [2.24, 2.45) is 5.92 Å². The Morgan fingerprint density at radius 3 is 2.34 bits per heavy atom. The summed E-state index contributed by atoms with van der Waals surface area (Å²) in [6.07, 6.45) is 0.668. The van der Waals surface area contributed by atoms with Crippen LogP contribution in [0.1, 0.15) is 35.6 Å². The van der Waals surface area contributed by atoms with Gasteiger partial charge in [-0.15, -0.1) is 0 Å². The number of nitrogens with zero attached hydrogens (tertiary/aromatic N) is 1. The fourth-order valence-electron chi connectivity index (χ4n) is 4.52. The molecular weight excluding hydrogens is 447 g/mol. The van der Waals surface area contributed by atoms with Gasteiger partial charge >= 0.3 is 0 Å². The highest BCUT2D eigenvalue weighted by atomic mass is 19.1. The molecule has 0 spiro atoms. The Morgan fingerprint density at radius 1 is 1.00 bits per heavy atom. The molecule has 7 heteroatoms. The third-order valence-electron chi connectivity index (χ3n) is 6.38. The number of nitrogens with one attached hydrogen (secondary N) is 1. The fourth-order valence-corrected chi connectivity index (χ4v) is 4.52. The molecule has 1 N–H and O–H groups in total. The molecule has 0 aromatic heterocycles. The molecule has 1 saturated heterocycles. The summed E-state index contributed by atoms with van der Waals surface area (Å²) < 4.78 is 24.1. The fraction of sp³-hybridized carbons (Fsp3) is 0.286. The number of methoxy groups -OCH3 is 2. The molecule has 35 heavy (non-hydrogen) atoms. The van der Waals surface area contributed by atoms with Crippen molar-refractivity contribution in [3.63, 3.8) is 0 Å². The van der Waals surface area contributed by atoms with Crippen LogP contribution in [0.15, 0.2) is 66.7 Å². The van der Waals surface area contributed by atoms with Crippen LogP contribution in [0, 0.1) is 18.7 Å². The standard InChI is InChI=1S/C28H29FN2O4/c1-18-4-11-22(12-5-18)31-26(32)15-13-23(28(33)30-17-19-6-9-21(29)10-7-19)27(31)20-8-14-24(34-2)25(16-20)35-3/h4-12,14,16,23,27H,13,15,17H2,1-3H3,(H,30,33)/t23-,27-/m1/s1. The molecule has 4 rings (SSSR count). The van der Waals surface area contributed by atoms with E-state index in [0.29, 0.717) is 17.9 Å². The summed E-state index contributed by atoms with van der Waals surface area (Å²) in [6.45, 7) is 2.26. The number of hydrogen-bond acceptors (Lipinski definition) is 4. The van der Waals surface area contributed by atoms with Crippen LogP contribution >= 0.6 is 0 Å². The van der Waals surface area contributed by atoms with Crippen LogP contribution in [0.3, 0.4) is 0 Å². The minimum Gasteiger partial charge on any atom is -0.493 e. The normalized spacial score (nSPS) is 17.7. The second kappa shape index (κ2) is 10.6. The number of anilines is 1. The summed E-state index contributed by atoms with van der Waals surface area (Å²) in [4.78, 5) is 28.4. The maximum Gasteiger partial charge on any atom is 0.227 e. The minimum absolute atomic E-state index is 0.0452. The molecule has 0 bridgehead atoms. The van der Waals surface area contributed by atoms with Gasteiger partial charge in [-0.2, -0.15) is 0 Å². The molecule has 2 amide bonds. The lowest BCUT2D eigenvalue weighted by molar-refractivity contribution is -0.129. The van der Waals surface area contributed by atoms with E-state index in [4.69, 9.17) is 9.47 Å². The Hall–Kier alpha value is -3.87. The summed E-state index contributed by atoms with van der Waals surface area (Å²) in [5.74, 6) is 0.0607. The van der Waals surface area contributed by atoms with Crippen molar-refractivity contribution in [2.75, 3.05) is 19.1 Å². The first-order valence-electron chi connectivity index (χ1n) is 11.5. The van der Waals surface area contributed by atoms with Gasteiger partial charge in [0.05, 0.1) is 26.2 Å². The summed E-state index contributed by atoms with van der Waals surface area (Å²) in [6, 6.07) is 18.7. The van der Waals surface area contributed by atoms with Gasteiger partial charge in [0.1, 0.15) is 5.82 Å². The van der Waals surface area contributed by atoms with Gasteiger partial charge in [0.15, 0.2) is 11.5 Å². The summed E-state index contributed by atoms with van der Waals surface area (Å²) in [7, 11) is 3.12. The number of ether oxygens (including phenoxy) is 2. The van der Waals surface area contributed by atoms with Crippen molar-refractivity contribution in [1.29, 1.82) is 0 Å². The molecular formula is C28H29FN2O4. The van der Waals surface area contributed by atoms with E-state index in [2.05, 4.69) is 5.32 Å². The van der Waals surface area contributed by atoms with Crippen LogP contribution in [0.5, 0.6) is 11.5 Å². The predicted octanol–water partition coefficient (Wildman–Crippen LogP) is 4.95. The van der Waals surface area contributed by atoms with Crippen LogP contribution in [0.4, 0.5) is 10.1 Å². The molecule has 1 aliphatic rings. The third kappa shape index (κ3) is 5.29. The average Bonchev–Trinajstić information content (AvgIpc) is 2.88. The van der Waals surface area contributed by atoms with Crippen molar-refractivity contribution in [3.05, 3.63) is 89.2 Å². The highest BCUT2D eigenvalue weighted by Gasteiger charge is 2.41. The number of hydrogen-bond donors (Lipinski definition) is 1. The van der Waals surface area contributed by atoms with Gasteiger partial charge in [0.25, 0.3) is 0 Å². The summed E-state index contributed by atoms with van der Waals surface area (Å²) in [5.41, 5.74) is 3.38. The number of aryl methyl sites for hydroxylation is 1. The zero-order valence-corrected chi connectivity index (χ0v) is 20.1. The lowest BCUT2D eigenvalue weighted by atomic mass is 9.83. The van der Waals surface area contributed by atoms with E-state index in [0.717, 1.165) is 22.4 Å². The summed E-state index contributed by atoms with van der Waals surface area (Å²) in [5, 5.41) is 2.98. The molecule has 0 saturated carbocycles. The van der Waals surface area contributed by atoms with Crippen LogP contribution in [0.2, 0.25) is 0 Å². The Morgan fingerprint density at radius 2 is 1.69 bits per heavy atom. The van der Waals surface area contributed by atoms with Crippen molar-refractivity contribution >= 4 is 17.5 Å². The van der Waals surface area contributed by atoms with Gasteiger partial charge in [-0.3, -0.25) is 9.59 Å². The maximum absolute atomic E-state index is 13.5. The van der Waals surface area contributed by atoms with Gasteiger partial charge < -0.3 is 19.7 Å². The lowest BCUT2D eigenvalue weighted by Gasteiger charge is -2.41. The highest BCUT2D eigenvalue weighted by Crippen LogP contribution is 2.42. The predicted molar refractivity (Wildman–Crippen MR) is 132 cm³/mol. The van der Waals surface area contributed by atoms with Crippen LogP contribution in [0.25, 0.3) is 0 Å². The van der Waals surface area contributed by atoms with Gasteiger partial charge in [0, 0.05) is 18.7 Å². The van der Waals surface area contributed by atoms with E-state index < -0.39 is 12.0 Å². The Bertz CT molecular complexity index is 1190. The largest absolute Gasteiger partial charge is 0.493 e. The molecule has 6 nitrogen and oxygen atoms in total. The minimum atomic E-state index is -0.535. The second-order valence-electron chi connectivity index (χ2n) is 8.65. The van der Waals surface area contributed by atoms with Crippen molar-refractivity contribution in [1.82, 2.24) is 5.32 Å². The maximum atomic E-state index is 13.5. The molecule has 2 atom stereocenters. The number of amides is 2. The highest BCUT2D eigenvalue weighted by molar-refractivity contribution is 5.97. The monoisotopic (exact) mass is 476 g/mol. The van der Waals surface area contributed by atoms with E-state index in [1.54, 1.807) is 37.3 Å². The van der Waals surface area contributed by atoms with Gasteiger partial charge in [-0.05, 0) is 60.9 Å². The first-order chi connectivity index (χ1) is 16.9. The molecule has 3 aromatic carbocycles. The first kappa shape index (κ1) is 24.3. The summed E-state index contributed by atoms with van der Waals surface area (Å²) >= 11 is 0. The Labute approximate surface area is 204 Å². The molecule has 1 fully saturated rings. The molecule has 3 aromatic rings. The average molecular weight is 477 g/mol. The van der Waals surface area contributed by atoms with Gasteiger partial charge in [0.2, 0.25) is 11.8 Å². The lowest BCUT2D eigenvalue weighted by Crippen LogP contribution is -2.48. The first-order valence-corrected chi connectivity index (χ1v) is 11.5. The Balaban J connectivity index is 1.70. The van der Waals surface area contributed by atoms with Crippen LogP contribution in [-0.4, -0.2) is 26.0 Å². The second-order valence-corrected chi connectivity index (χ2v) is 8.65. The van der Waals surface area contributed by atoms with Crippen molar-refractivity contribution in [3.8, 4) is 11.5 Å². The SMILES string of the molecule is COc1ccc([C@@H]2[C@H](C(=O)NCc3ccc(F)cc3)CCC(=O)N2c2ccc(C)cc2)cc1OC. The zero-order chi connectivity index (χ0) is 24.9. The number of piperidine rings is 1. The molecule has 1 aliphatic heterocycles. The molecule has 0 unspecified atom stereocenters. The number of carbonyl (C=O) groups is 2. The zero-order valence-electron chi connectivity index (χ0n) is 20.1. The third-order valence-corrected chi connectivity index (χ3v) is 6.38. The number of rotatable bonds is 7. The van der Waals surface area contributed by atoms with E-state index in [1.807, 2.05) is 43.3 Å². The Kier molecular flexibility index (Phi) is 7.34. The molecule has 0 radical (unpaired) electrons. The molecule has 1 heterocycles. The van der Waals surface area contributed by atoms with E-state index in [-0.39, 0.29) is 30.6 Å². The van der Waals surface area contributed by atoms with Crippen molar-refractivity contribution in [2.45, 2.75) is 32.4 Å². The van der Waals surface area contributed by atoms with E-state index >= 15 is 0 Å². The topological polar surface area (TPSA) is 67.9 Å². The quantitative estimate of drug-likeness (QED) is 0.524. The number of benzene rings is 3. The van der Waals surface area contributed by atoms with E-state index in [9.17, 15) is 14.0 Å². The van der Waals surface area contributed by atoms with E-state index in [1.165, 1.54) is 12.1 Å². The van der Waals surface area contributed by atoms with Crippen molar-refractivity contribution < 1.29 is 23.5 Å². The smallest absolute Gasteiger partial charge is 0.227 e. The number of carbonyl (C=O) groups excluding carboxylic acids is 2. The molecule has 182 valence electrons. The van der Waals surface area contributed by atoms with Crippen LogP contribution in [-0.2, 0) is 16.1 Å². The number of halogens is 1. The van der Waals surface area contributed by atoms with Gasteiger partial charge in [-0.1, -0.05) is 35.9 Å². The van der Waals surface area contributed by atoms with Crippen LogP contribution < -0.4 is 19.7 Å². The molecule has 0 aliphatic carbocycles. The van der Waals surface area contributed by atoms with Gasteiger partial charge in [-0.25, -0.2) is 4.39 Å².